The predicted octanol–water partition coefficient (Wildman–Crippen LogP) is 4.63. The van der Waals surface area contributed by atoms with Gasteiger partial charge in [0.25, 0.3) is 0 Å². The van der Waals surface area contributed by atoms with E-state index in [1.165, 1.54) is 6.92 Å². The van der Waals surface area contributed by atoms with Gasteiger partial charge in [-0.25, -0.2) is 0 Å². The van der Waals surface area contributed by atoms with Crippen molar-refractivity contribution in [3.05, 3.63) is 64.3 Å². The van der Waals surface area contributed by atoms with Gasteiger partial charge in [-0.3, -0.25) is 4.79 Å². The van der Waals surface area contributed by atoms with Crippen molar-refractivity contribution in [1.82, 2.24) is 15.2 Å². The van der Waals surface area contributed by atoms with Crippen LogP contribution < -0.4 is 10.6 Å². The molecule has 3 aromatic rings. The zero-order chi connectivity index (χ0) is 17.8. The van der Waals surface area contributed by atoms with Crippen molar-refractivity contribution >= 4 is 44.9 Å². The number of carbonyl (C=O) groups is 1. The maximum atomic E-state index is 11.3. The van der Waals surface area contributed by atoms with Gasteiger partial charge in [0.15, 0.2) is 11.6 Å². The molecular weight excluding hydrogens is 382 g/mol. The van der Waals surface area contributed by atoms with E-state index in [0.717, 1.165) is 21.4 Å². The Morgan fingerprint density at radius 1 is 1.04 bits per heavy atom. The quantitative estimate of drug-likeness (QED) is 0.610. The summed E-state index contributed by atoms with van der Waals surface area (Å²) in [5.74, 6) is 0.981. The Kier molecular flexibility index (Phi) is 5.04. The highest BCUT2D eigenvalue weighted by molar-refractivity contribution is 9.10. The van der Waals surface area contributed by atoms with E-state index in [-0.39, 0.29) is 5.78 Å². The molecule has 0 amide bonds. The molecular formula is C18H16BrN5O. The highest BCUT2D eigenvalue weighted by Crippen LogP contribution is 2.22. The van der Waals surface area contributed by atoms with Crippen LogP contribution in [-0.2, 0) is 0 Å². The third kappa shape index (κ3) is 4.39. The molecule has 0 bridgehead atoms. The van der Waals surface area contributed by atoms with Crippen molar-refractivity contribution in [3.63, 3.8) is 0 Å². The second kappa shape index (κ2) is 7.40. The van der Waals surface area contributed by atoms with Crippen molar-refractivity contribution in [1.29, 1.82) is 0 Å². The van der Waals surface area contributed by atoms with Crippen molar-refractivity contribution in [2.45, 2.75) is 13.8 Å². The maximum absolute atomic E-state index is 11.3. The standard InChI is InChI=1S/C18H16BrN5O/c1-11-9-15(7-8-16(11)19)21-17-10-20-24-18(23-17)22-14-5-3-13(4-6-14)12(2)25/h3-10H,1-2H3,(H2,21,22,23,24). The van der Waals surface area contributed by atoms with Crippen molar-refractivity contribution in [2.24, 2.45) is 0 Å². The number of Topliss-reactive ketones (excluding diaryl/α,β-unsaturated/α-hetero) is 1. The highest BCUT2D eigenvalue weighted by Gasteiger charge is 2.04. The average molecular weight is 398 g/mol. The van der Waals surface area contributed by atoms with Crippen molar-refractivity contribution in [3.8, 4) is 0 Å². The zero-order valence-electron chi connectivity index (χ0n) is 13.7. The van der Waals surface area contributed by atoms with Crippen LogP contribution >= 0.6 is 15.9 Å². The molecule has 0 aliphatic carbocycles. The van der Waals surface area contributed by atoms with E-state index in [4.69, 9.17) is 0 Å². The number of hydrogen-bond donors (Lipinski definition) is 2. The molecule has 0 unspecified atom stereocenters. The van der Waals surface area contributed by atoms with E-state index in [1.807, 2.05) is 25.1 Å². The Morgan fingerprint density at radius 3 is 2.44 bits per heavy atom. The van der Waals surface area contributed by atoms with Crippen LogP contribution in [0, 0.1) is 6.92 Å². The minimum Gasteiger partial charge on any atom is -0.339 e. The van der Waals surface area contributed by atoms with Gasteiger partial charge < -0.3 is 10.6 Å². The minimum atomic E-state index is 0.0282. The number of halogens is 1. The number of ketones is 1. The lowest BCUT2D eigenvalue weighted by Gasteiger charge is -2.09. The first-order chi connectivity index (χ1) is 12.0. The first-order valence-electron chi connectivity index (χ1n) is 7.62. The van der Waals surface area contributed by atoms with E-state index in [1.54, 1.807) is 30.5 Å². The molecule has 0 spiro atoms. The lowest BCUT2D eigenvalue weighted by Crippen LogP contribution is -2.02. The van der Waals surface area contributed by atoms with Gasteiger partial charge in [0, 0.05) is 21.4 Å². The topological polar surface area (TPSA) is 79.8 Å². The van der Waals surface area contributed by atoms with Gasteiger partial charge in [0.05, 0.1) is 6.20 Å². The number of benzene rings is 2. The molecule has 126 valence electrons. The molecule has 2 N–H and O–H groups in total. The summed E-state index contributed by atoms with van der Waals surface area (Å²) in [7, 11) is 0. The van der Waals surface area contributed by atoms with E-state index < -0.39 is 0 Å². The van der Waals surface area contributed by atoms with E-state index in [9.17, 15) is 4.79 Å². The highest BCUT2D eigenvalue weighted by atomic mass is 79.9. The van der Waals surface area contributed by atoms with Crippen LogP contribution in [0.15, 0.2) is 53.1 Å². The van der Waals surface area contributed by atoms with Crippen LogP contribution in [0.4, 0.5) is 23.1 Å². The molecule has 7 heteroatoms. The lowest BCUT2D eigenvalue weighted by atomic mass is 10.1. The normalized spacial score (nSPS) is 10.4. The Labute approximate surface area is 153 Å². The van der Waals surface area contributed by atoms with Gasteiger partial charge in [-0.15, -0.1) is 5.10 Å². The fourth-order valence-corrected chi connectivity index (χ4v) is 2.45. The molecule has 6 nitrogen and oxygen atoms in total. The number of anilines is 4. The lowest BCUT2D eigenvalue weighted by molar-refractivity contribution is 0.101. The third-order valence-electron chi connectivity index (χ3n) is 3.54. The summed E-state index contributed by atoms with van der Waals surface area (Å²) in [5.41, 5.74) is 3.47. The first-order valence-corrected chi connectivity index (χ1v) is 8.41. The van der Waals surface area contributed by atoms with Crippen molar-refractivity contribution in [2.75, 3.05) is 10.6 Å². The summed E-state index contributed by atoms with van der Waals surface area (Å²) < 4.78 is 1.05. The summed E-state index contributed by atoms with van der Waals surface area (Å²) in [6.45, 7) is 3.56. The molecule has 3 rings (SSSR count). The smallest absolute Gasteiger partial charge is 0.249 e. The molecule has 1 aromatic heterocycles. The van der Waals surface area contributed by atoms with Crippen LogP contribution in [-0.4, -0.2) is 21.0 Å². The molecule has 0 radical (unpaired) electrons. The molecule has 0 saturated heterocycles. The van der Waals surface area contributed by atoms with Gasteiger partial charge in [-0.1, -0.05) is 15.9 Å². The van der Waals surface area contributed by atoms with Crippen LogP contribution in [0.5, 0.6) is 0 Å². The summed E-state index contributed by atoms with van der Waals surface area (Å²) in [6.07, 6.45) is 1.56. The average Bonchev–Trinajstić information content (AvgIpc) is 2.59. The molecule has 0 atom stereocenters. The number of carbonyl (C=O) groups excluding carboxylic acids is 1. The van der Waals surface area contributed by atoms with Crippen molar-refractivity contribution < 1.29 is 4.79 Å². The van der Waals surface area contributed by atoms with Gasteiger partial charge in [0.1, 0.15) is 0 Å². The van der Waals surface area contributed by atoms with E-state index in [0.29, 0.717) is 17.3 Å². The van der Waals surface area contributed by atoms with E-state index >= 15 is 0 Å². The number of hydrogen-bond acceptors (Lipinski definition) is 6. The Balaban J connectivity index is 1.74. The SMILES string of the molecule is CC(=O)c1ccc(Nc2nncc(Nc3ccc(Br)c(C)c3)n2)cc1. The van der Waals surface area contributed by atoms with Gasteiger partial charge >= 0.3 is 0 Å². The van der Waals surface area contributed by atoms with Gasteiger partial charge in [-0.2, -0.15) is 10.1 Å². The summed E-state index contributed by atoms with van der Waals surface area (Å²) in [4.78, 5) is 15.7. The predicted molar refractivity (Wildman–Crippen MR) is 102 cm³/mol. The second-order valence-corrected chi connectivity index (χ2v) is 6.37. The molecule has 25 heavy (non-hydrogen) atoms. The maximum Gasteiger partial charge on any atom is 0.249 e. The molecule has 0 fully saturated rings. The molecule has 1 heterocycles. The summed E-state index contributed by atoms with van der Waals surface area (Å²) in [5, 5.41) is 14.2. The number of nitrogens with one attached hydrogen (secondary N) is 2. The Morgan fingerprint density at radius 2 is 1.76 bits per heavy atom. The summed E-state index contributed by atoms with van der Waals surface area (Å²) in [6, 6.07) is 13.1. The fraction of sp³-hybridized carbons (Fsp3) is 0.111. The van der Waals surface area contributed by atoms with Crippen LogP contribution in [0.3, 0.4) is 0 Å². The van der Waals surface area contributed by atoms with Gasteiger partial charge in [-0.05, 0) is 61.9 Å². The molecule has 0 aliphatic heterocycles. The number of aryl methyl sites for hydroxylation is 1. The largest absolute Gasteiger partial charge is 0.339 e. The van der Waals surface area contributed by atoms with Crippen LogP contribution in [0.2, 0.25) is 0 Å². The van der Waals surface area contributed by atoms with Crippen LogP contribution in [0.1, 0.15) is 22.8 Å². The monoisotopic (exact) mass is 397 g/mol. The molecule has 0 saturated carbocycles. The first kappa shape index (κ1) is 17.0. The molecule has 2 aromatic carbocycles. The summed E-state index contributed by atoms with van der Waals surface area (Å²) >= 11 is 3.48. The van der Waals surface area contributed by atoms with Gasteiger partial charge in [0.2, 0.25) is 5.95 Å². The third-order valence-corrected chi connectivity index (χ3v) is 4.43. The number of nitrogens with zero attached hydrogens (tertiary/aromatic N) is 3. The Bertz CT molecular complexity index is 912. The minimum absolute atomic E-state index is 0.0282. The number of aromatic nitrogens is 3. The zero-order valence-corrected chi connectivity index (χ0v) is 15.3. The second-order valence-electron chi connectivity index (χ2n) is 5.51. The van der Waals surface area contributed by atoms with Crippen LogP contribution in [0.25, 0.3) is 0 Å². The fourth-order valence-electron chi connectivity index (χ4n) is 2.20. The van der Waals surface area contributed by atoms with E-state index in [2.05, 4.69) is 41.7 Å². The Hall–Kier alpha value is -2.80. The number of rotatable bonds is 5. The molecule has 0 aliphatic rings.